The molecule has 0 fully saturated rings. The summed E-state index contributed by atoms with van der Waals surface area (Å²) in [6, 6.07) is 5.63. The number of carbonyl (C=O) groups is 1. The smallest absolute Gasteiger partial charge is 0.323 e. The highest BCUT2D eigenvalue weighted by atomic mass is 32.2. The summed E-state index contributed by atoms with van der Waals surface area (Å²) in [5, 5.41) is 5.98. The first-order valence-electron chi connectivity index (χ1n) is 6.07. The van der Waals surface area contributed by atoms with Crippen LogP contribution in [0, 0.1) is 13.8 Å². The van der Waals surface area contributed by atoms with E-state index >= 15 is 0 Å². The quantitative estimate of drug-likeness (QED) is 0.832. The van der Waals surface area contributed by atoms with Crippen LogP contribution in [0.3, 0.4) is 0 Å². The molecule has 0 bridgehead atoms. The molecule has 2 rings (SSSR count). The van der Waals surface area contributed by atoms with E-state index in [2.05, 4.69) is 15.6 Å². The Bertz CT molecular complexity index is 503. The van der Waals surface area contributed by atoms with Crippen molar-refractivity contribution in [1.29, 1.82) is 0 Å². The molecule has 2 N–H and O–H groups in total. The molecule has 0 saturated heterocycles. The van der Waals surface area contributed by atoms with Crippen molar-refractivity contribution in [2.24, 2.45) is 4.99 Å². The summed E-state index contributed by atoms with van der Waals surface area (Å²) >= 11 is 1.54. The molecule has 1 aromatic carbocycles. The van der Waals surface area contributed by atoms with Gasteiger partial charge in [-0.2, -0.15) is 0 Å². The average Bonchev–Trinajstić information content (AvgIpc) is 2.84. The predicted molar refractivity (Wildman–Crippen MR) is 77.8 cm³/mol. The standard InChI is InChI=1S/C13H17N3O2S/c1-9-3-4-11(10(2)7-9)18-8-15-12(17)16-13-14-5-6-19-13/h3-4,7H,5-6,8H2,1-2H3,(H2,14,15,16,17). The number of ether oxygens (including phenoxy) is 1. The number of nitrogens with one attached hydrogen (secondary N) is 2. The van der Waals surface area contributed by atoms with E-state index in [1.807, 2.05) is 32.0 Å². The van der Waals surface area contributed by atoms with Gasteiger partial charge in [0.05, 0.1) is 6.54 Å². The molecule has 19 heavy (non-hydrogen) atoms. The zero-order valence-electron chi connectivity index (χ0n) is 11.0. The topological polar surface area (TPSA) is 62.7 Å². The monoisotopic (exact) mass is 279 g/mol. The Morgan fingerprint density at radius 1 is 1.47 bits per heavy atom. The summed E-state index contributed by atoms with van der Waals surface area (Å²) in [6.07, 6.45) is 0. The van der Waals surface area contributed by atoms with Gasteiger partial charge in [0.15, 0.2) is 11.9 Å². The number of amides is 2. The third-order valence-electron chi connectivity index (χ3n) is 2.60. The average molecular weight is 279 g/mol. The Morgan fingerprint density at radius 2 is 2.32 bits per heavy atom. The van der Waals surface area contributed by atoms with E-state index in [1.54, 1.807) is 11.8 Å². The summed E-state index contributed by atoms with van der Waals surface area (Å²) in [7, 11) is 0. The van der Waals surface area contributed by atoms with Crippen LogP contribution < -0.4 is 15.4 Å². The van der Waals surface area contributed by atoms with E-state index in [-0.39, 0.29) is 12.8 Å². The molecule has 0 aromatic heterocycles. The third-order valence-corrected chi connectivity index (χ3v) is 3.49. The second-order valence-corrected chi connectivity index (χ2v) is 5.31. The molecule has 2 amide bonds. The lowest BCUT2D eigenvalue weighted by Gasteiger charge is -2.11. The lowest BCUT2D eigenvalue weighted by atomic mass is 10.1. The summed E-state index contributed by atoms with van der Waals surface area (Å²) in [5.74, 6) is 1.70. The minimum absolute atomic E-state index is 0.133. The summed E-state index contributed by atoms with van der Waals surface area (Å²) in [6.45, 7) is 4.90. The first kappa shape index (κ1) is 13.7. The molecule has 6 heteroatoms. The Kier molecular flexibility index (Phi) is 4.68. The number of rotatable bonds is 3. The largest absolute Gasteiger partial charge is 0.473 e. The molecule has 0 aliphatic carbocycles. The minimum Gasteiger partial charge on any atom is -0.473 e. The summed E-state index contributed by atoms with van der Waals surface area (Å²) < 4.78 is 5.51. The SMILES string of the molecule is Cc1ccc(OCNC(=O)NC2=NCCS2)c(C)c1. The Hall–Kier alpha value is -1.69. The fourth-order valence-corrected chi connectivity index (χ4v) is 2.42. The van der Waals surface area contributed by atoms with Gasteiger partial charge in [-0.25, -0.2) is 4.79 Å². The van der Waals surface area contributed by atoms with Crippen molar-refractivity contribution in [1.82, 2.24) is 10.6 Å². The molecule has 102 valence electrons. The van der Waals surface area contributed by atoms with Gasteiger partial charge in [-0.1, -0.05) is 29.5 Å². The van der Waals surface area contributed by atoms with Crippen molar-refractivity contribution in [2.45, 2.75) is 13.8 Å². The van der Waals surface area contributed by atoms with Gasteiger partial charge >= 0.3 is 6.03 Å². The van der Waals surface area contributed by atoms with E-state index in [0.717, 1.165) is 23.6 Å². The van der Waals surface area contributed by atoms with Crippen molar-refractivity contribution >= 4 is 23.0 Å². The van der Waals surface area contributed by atoms with E-state index in [1.165, 1.54) is 5.56 Å². The van der Waals surface area contributed by atoms with Gasteiger partial charge in [-0.05, 0) is 25.5 Å². The first-order chi connectivity index (χ1) is 9.15. The van der Waals surface area contributed by atoms with E-state index < -0.39 is 0 Å². The van der Waals surface area contributed by atoms with Crippen LogP contribution in [0.4, 0.5) is 4.79 Å². The number of nitrogens with zero attached hydrogens (tertiary/aromatic N) is 1. The van der Waals surface area contributed by atoms with Gasteiger partial charge in [0.2, 0.25) is 0 Å². The van der Waals surface area contributed by atoms with Gasteiger partial charge < -0.3 is 10.1 Å². The number of carbonyl (C=O) groups excluding carboxylic acids is 1. The fraction of sp³-hybridized carbons (Fsp3) is 0.385. The van der Waals surface area contributed by atoms with Gasteiger partial charge in [0, 0.05) is 5.75 Å². The summed E-state index contributed by atoms with van der Waals surface area (Å²) in [5.41, 5.74) is 2.24. The number of hydrogen-bond acceptors (Lipinski definition) is 4. The Labute approximate surface area is 116 Å². The number of aryl methyl sites for hydroxylation is 2. The van der Waals surface area contributed by atoms with Crippen LogP contribution >= 0.6 is 11.8 Å². The molecular formula is C13H17N3O2S. The van der Waals surface area contributed by atoms with Crippen LogP contribution in [-0.4, -0.2) is 30.2 Å². The van der Waals surface area contributed by atoms with Crippen LogP contribution in [0.25, 0.3) is 0 Å². The van der Waals surface area contributed by atoms with E-state index in [9.17, 15) is 4.79 Å². The fourth-order valence-electron chi connectivity index (χ4n) is 1.69. The Morgan fingerprint density at radius 3 is 3.00 bits per heavy atom. The van der Waals surface area contributed by atoms with Crippen molar-refractivity contribution in [3.8, 4) is 5.75 Å². The second kappa shape index (κ2) is 6.47. The van der Waals surface area contributed by atoms with Crippen molar-refractivity contribution in [3.05, 3.63) is 29.3 Å². The molecule has 5 nitrogen and oxygen atoms in total. The number of benzene rings is 1. The van der Waals surface area contributed by atoms with E-state index in [0.29, 0.717) is 5.17 Å². The molecule has 0 spiro atoms. The maximum Gasteiger partial charge on any atom is 0.323 e. The van der Waals surface area contributed by atoms with E-state index in [4.69, 9.17) is 4.74 Å². The van der Waals surface area contributed by atoms with Gasteiger partial charge in [-0.15, -0.1) is 0 Å². The summed E-state index contributed by atoms with van der Waals surface area (Å²) in [4.78, 5) is 15.7. The van der Waals surface area contributed by atoms with Crippen LogP contribution in [0.5, 0.6) is 5.75 Å². The maximum atomic E-state index is 11.5. The van der Waals surface area contributed by atoms with Gasteiger partial charge in [0.1, 0.15) is 5.75 Å². The predicted octanol–water partition coefficient (Wildman–Crippen LogP) is 2.04. The number of urea groups is 1. The third kappa shape index (κ3) is 4.17. The molecule has 1 aromatic rings. The molecule has 1 aliphatic rings. The molecule has 0 unspecified atom stereocenters. The van der Waals surface area contributed by atoms with Crippen molar-refractivity contribution < 1.29 is 9.53 Å². The highest BCUT2D eigenvalue weighted by Crippen LogP contribution is 2.18. The zero-order valence-corrected chi connectivity index (χ0v) is 11.8. The Balaban J connectivity index is 1.75. The van der Waals surface area contributed by atoms with Gasteiger partial charge in [-0.3, -0.25) is 10.3 Å². The first-order valence-corrected chi connectivity index (χ1v) is 7.06. The number of aliphatic imine (C=N–C) groups is 1. The van der Waals surface area contributed by atoms with Gasteiger partial charge in [0.25, 0.3) is 0 Å². The zero-order chi connectivity index (χ0) is 13.7. The number of amidine groups is 1. The normalized spacial score (nSPS) is 13.9. The molecule has 0 atom stereocenters. The van der Waals surface area contributed by atoms with Crippen molar-refractivity contribution in [3.63, 3.8) is 0 Å². The lowest BCUT2D eigenvalue weighted by molar-refractivity contribution is 0.228. The molecule has 0 radical (unpaired) electrons. The molecular weight excluding hydrogens is 262 g/mol. The minimum atomic E-state index is -0.294. The second-order valence-electron chi connectivity index (χ2n) is 4.22. The molecule has 1 heterocycles. The van der Waals surface area contributed by atoms with Crippen LogP contribution in [0.15, 0.2) is 23.2 Å². The number of thioether (sulfide) groups is 1. The van der Waals surface area contributed by atoms with Crippen molar-refractivity contribution in [2.75, 3.05) is 19.0 Å². The lowest BCUT2D eigenvalue weighted by Crippen LogP contribution is -2.39. The van der Waals surface area contributed by atoms with Crippen LogP contribution in [-0.2, 0) is 0 Å². The van der Waals surface area contributed by atoms with Crippen LogP contribution in [0.2, 0.25) is 0 Å². The maximum absolute atomic E-state index is 11.5. The van der Waals surface area contributed by atoms with Crippen LogP contribution in [0.1, 0.15) is 11.1 Å². The highest BCUT2D eigenvalue weighted by molar-refractivity contribution is 8.14. The highest BCUT2D eigenvalue weighted by Gasteiger charge is 2.10. The molecule has 1 aliphatic heterocycles. The molecule has 0 saturated carbocycles. The number of hydrogen-bond donors (Lipinski definition) is 2.